The van der Waals surface area contributed by atoms with Crippen molar-refractivity contribution in [3.8, 4) is 11.6 Å². The van der Waals surface area contributed by atoms with Gasteiger partial charge in [-0.1, -0.05) is 18.2 Å². The largest absolute Gasteiger partial charge is 0.497 e. The predicted octanol–water partition coefficient (Wildman–Crippen LogP) is 3.53. The Hall–Kier alpha value is -3.12. The minimum atomic E-state index is -0.0879. The molecule has 0 saturated carbocycles. The quantitative estimate of drug-likeness (QED) is 0.668. The number of hydrogen-bond donors (Lipinski definition) is 1. The average molecular weight is 393 g/mol. The van der Waals surface area contributed by atoms with Crippen LogP contribution in [-0.2, 0) is 0 Å². The summed E-state index contributed by atoms with van der Waals surface area (Å²) >= 11 is 0. The summed E-state index contributed by atoms with van der Waals surface area (Å²) in [7, 11) is 5.66. The molecule has 1 atom stereocenters. The third-order valence-electron chi connectivity index (χ3n) is 5.11. The van der Waals surface area contributed by atoms with Crippen molar-refractivity contribution in [3.05, 3.63) is 77.2 Å². The molecule has 1 N–H and O–H groups in total. The lowest BCUT2D eigenvalue weighted by molar-refractivity contribution is 0.0941. The van der Waals surface area contributed by atoms with Crippen molar-refractivity contribution in [2.24, 2.45) is 0 Å². The van der Waals surface area contributed by atoms with Crippen molar-refractivity contribution in [2.75, 3.05) is 27.7 Å². The number of benzene rings is 1. The molecule has 0 spiro atoms. The molecule has 2 aromatic heterocycles. The Bertz CT molecular complexity index is 980. The van der Waals surface area contributed by atoms with Gasteiger partial charge < -0.3 is 19.5 Å². The lowest BCUT2D eigenvalue weighted by Crippen LogP contribution is -2.34. The minimum absolute atomic E-state index is 0.0355. The van der Waals surface area contributed by atoms with Gasteiger partial charge in [-0.2, -0.15) is 0 Å². The van der Waals surface area contributed by atoms with Gasteiger partial charge in [-0.3, -0.25) is 4.79 Å². The molecule has 1 unspecified atom stereocenters. The Morgan fingerprint density at radius 1 is 1.17 bits per heavy atom. The molecular formula is C23H28N4O2. The summed E-state index contributed by atoms with van der Waals surface area (Å²) in [5.74, 6) is 1.53. The first kappa shape index (κ1) is 20.6. The van der Waals surface area contributed by atoms with Crippen LogP contribution in [0.5, 0.6) is 5.75 Å². The van der Waals surface area contributed by atoms with E-state index >= 15 is 0 Å². The lowest BCUT2D eigenvalue weighted by atomic mass is 10.1. The molecule has 1 aromatic carbocycles. The molecule has 152 valence electrons. The summed E-state index contributed by atoms with van der Waals surface area (Å²) in [6.45, 7) is 4.42. The fourth-order valence-corrected chi connectivity index (χ4v) is 3.56. The van der Waals surface area contributed by atoms with Gasteiger partial charge in [-0.05, 0) is 63.8 Å². The Morgan fingerprint density at radius 2 is 1.97 bits per heavy atom. The van der Waals surface area contributed by atoms with Gasteiger partial charge in [0.05, 0.1) is 18.7 Å². The summed E-state index contributed by atoms with van der Waals surface area (Å²) in [5, 5.41) is 3.09. The number of pyridine rings is 1. The first-order valence-corrected chi connectivity index (χ1v) is 9.61. The molecule has 6 heteroatoms. The van der Waals surface area contributed by atoms with E-state index in [2.05, 4.69) is 15.2 Å². The van der Waals surface area contributed by atoms with Gasteiger partial charge >= 0.3 is 0 Å². The summed E-state index contributed by atoms with van der Waals surface area (Å²) in [4.78, 5) is 19.5. The van der Waals surface area contributed by atoms with Crippen LogP contribution in [0.1, 0.15) is 33.4 Å². The number of likely N-dealkylation sites (N-methyl/N-ethyl adjacent to an activating group) is 1. The second kappa shape index (κ2) is 8.92. The van der Waals surface area contributed by atoms with Gasteiger partial charge in [-0.25, -0.2) is 4.98 Å². The van der Waals surface area contributed by atoms with Crippen LogP contribution in [0.4, 0.5) is 0 Å². The number of nitrogens with one attached hydrogen (secondary N) is 1. The van der Waals surface area contributed by atoms with Gasteiger partial charge in [0, 0.05) is 24.1 Å². The van der Waals surface area contributed by atoms with Crippen molar-refractivity contribution in [2.45, 2.75) is 19.9 Å². The SMILES string of the molecule is COc1cccc(C(CNC(=O)c2cc(C)n(-c3ccccn3)c2C)N(C)C)c1. The molecule has 0 saturated heterocycles. The number of carbonyl (C=O) groups is 1. The van der Waals surface area contributed by atoms with Crippen molar-refractivity contribution >= 4 is 5.91 Å². The molecule has 3 rings (SSSR count). The normalized spacial score (nSPS) is 12.1. The van der Waals surface area contributed by atoms with Crippen molar-refractivity contribution < 1.29 is 9.53 Å². The highest BCUT2D eigenvalue weighted by Gasteiger charge is 2.20. The maximum atomic E-state index is 13.0. The Morgan fingerprint density at radius 3 is 2.62 bits per heavy atom. The molecule has 0 bridgehead atoms. The van der Waals surface area contributed by atoms with E-state index in [9.17, 15) is 4.79 Å². The van der Waals surface area contributed by atoms with E-state index in [-0.39, 0.29) is 11.9 Å². The number of methoxy groups -OCH3 is 1. The monoisotopic (exact) mass is 392 g/mol. The van der Waals surface area contributed by atoms with Gasteiger partial charge in [0.1, 0.15) is 11.6 Å². The molecule has 0 aliphatic rings. The van der Waals surface area contributed by atoms with Gasteiger partial charge in [-0.15, -0.1) is 0 Å². The number of nitrogens with zero attached hydrogens (tertiary/aromatic N) is 3. The average Bonchev–Trinajstić information content (AvgIpc) is 3.02. The first-order chi connectivity index (χ1) is 13.9. The van der Waals surface area contributed by atoms with Crippen LogP contribution in [0.15, 0.2) is 54.7 Å². The van der Waals surface area contributed by atoms with E-state index in [4.69, 9.17) is 4.74 Å². The van der Waals surface area contributed by atoms with Crippen LogP contribution in [-0.4, -0.2) is 48.1 Å². The summed E-state index contributed by atoms with van der Waals surface area (Å²) in [5.41, 5.74) is 3.61. The number of aryl methyl sites for hydroxylation is 1. The Kier molecular flexibility index (Phi) is 6.34. The summed E-state index contributed by atoms with van der Waals surface area (Å²) in [6.07, 6.45) is 1.75. The first-order valence-electron chi connectivity index (χ1n) is 9.61. The Labute approximate surface area is 172 Å². The van der Waals surface area contributed by atoms with E-state index < -0.39 is 0 Å². The molecule has 0 aliphatic heterocycles. The fourth-order valence-electron chi connectivity index (χ4n) is 3.56. The number of amides is 1. The summed E-state index contributed by atoms with van der Waals surface area (Å²) < 4.78 is 7.34. The van der Waals surface area contributed by atoms with Crippen LogP contribution in [0, 0.1) is 13.8 Å². The molecule has 6 nitrogen and oxygen atoms in total. The lowest BCUT2D eigenvalue weighted by Gasteiger charge is -2.25. The fraction of sp³-hybridized carbons (Fsp3) is 0.304. The smallest absolute Gasteiger partial charge is 0.253 e. The van der Waals surface area contributed by atoms with Gasteiger partial charge in [0.25, 0.3) is 5.91 Å². The number of ether oxygens (including phenoxy) is 1. The number of rotatable bonds is 7. The van der Waals surface area contributed by atoms with Crippen LogP contribution in [0.25, 0.3) is 5.82 Å². The molecule has 0 aliphatic carbocycles. The van der Waals surface area contributed by atoms with Crippen LogP contribution >= 0.6 is 0 Å². The highest BCUT2D eigenvalue weighted by molar-refractivity contribution is 5.95. The second-order valence-corrected chi connectivity index (χ2v) is 7.27. The zero-order valence-electron chi connectivity index (χ0n) is 17.6. The molecule has 3 aromatic rings. The van der Waals surface area contributed by atoms with Crippen LogP contribution < -0.4 is 10.1 Å². The van der Waals surface area contributed by atoms with Crippen molar-refractivity contribution in [3.63, 3.8) is 0 Å². The van der Waals surface area contributed by atoms with E-state index in [1.807, 2.05) is 81.0 Å². The van der Waals surface area contributed by atoms with Gasteiger partial charge in [0.15, 0.2) is 0 Å². The number of carbonyl (C=O) groups excluding carboxylic acids is 1. The standard InChI is InChI=1S/C23H28N4O2/c1-16-13-20(17(2)27(16)22-11-6-7-12-24-22)23(28)25-15-21(26(3)4)18-9-8-10-19(14-18)29-5/h6-14,21H,15H2,1-5H3,(H,25,28). The third kappa shape index (κ3) is 4.49. The molecule has 1 amide bonds. The summed E-state index contributed by atoms with van der Waals surface area (Å²) in [6, 6.07) is 15.6. The second-order valence-electron chi connectivity index (χ2n) is 7.27. The maximum absolute atomic E-state index is 13.0. The van der Waals surface area contributed by atoms with Crippen LogP contribution in [0.3, 0.4) is 0 Å². The third-order valence-corrected chi connectivity index (χ3v) is 5.11. The van der Waals surface area contributed by atoms with E-state index in [0.29, 0.717) is 12.1 Å². The molecular weight excluding hydrogens is 364 g/mol. The molecule has 2 heterocycles. The number of hydrogen-bond acceptors (Lipinski definition) is 4. The highest BCUT2D eigenvalue weighted by Crippen LogP contribution is 2.23. The molecule has 0 radical (unpaired) electrons. The van der Waals surface area contributed by atoms with Crippen molar-refractivity contribution in [1.82, 2.24) is 19.8 Å². The van der Waals surface area contributed by atoms with Crippen LogP contribution in [0.2, 0.25) is 0 Å². The van der Waals surface area contributed by atoms with Crippen molar-refractivity contribution in [1.29, 1.82) is 0 Å². The maximum Gasteiger partial charge on any atom is 0.253 e. The topological polar surface area (TPSA) is 59.4 Å². The number of aromatic nitrogens is 2. The predicted molar refractivity (Wildman–Crippen MR) is 115 cm³/mol. The molecule has 29 heavy (non-hydrogen) atoms. The zero-order chi connectivity index (χ0) is 21.0. The van der Waals surface area contributed by atoms with E-state index in [1.165, 1.54) is 0 Å². The Balaban J connectivity index is 1.79. The van der Waals surface area contributed by atoms with Gasteiger partial charge in [0.2, 0.25) is 0 Å². The zero-order valence-corrected chi connectivity index (χ0v) is 17.6. The van der Waals surface area contributed by atoms with E-state index in [0.717, 1.165) is 28.5 Å². The highest BCUT2D eigenvalue weighted by atomic mass is 16.5. The van der Waals surface area contributed by atoms with E-state index in [1.54, 1.807) is 13.3 Å². The minimum Gasteiger partial charge on any atom is -0.497 e. The molecule has 0 fully saturated rings.